The second-order valence-corrected chi connectivity index (χ2v) is 5.33. The van der Waals surface area contributed by atoms with Crippen molar-refractivity contribution in [3.8, 4) is 5.75 Å². The first kappa shape index (κ1) is 14.4. The molecule has 0 aliphatic carbocycles. The first-order valence-corrected chi connectivity index (χ1v) is 7.80. The molecule has 3 nitrogen and oxygen atoms in total. The summed E-state index contributed by atoms with van der Waals surface area (Å²) in [4.78, 5) is 6.88. The molecule has 0 N–H and O–H groups in total. The van der Waals surface area contributed by atoms with Crippen LogP contribution in [0.4, 0.5) is 5.82 Å². The molecule has 1 unspecified atom stereocenters. The highest BCUT2D eigenvalue weighted by atomic mass is 35.5. The summed E-state index contributed by atoms with van der Waals surface area (Å²) in [6, 6.07) is 4.32. The van der Waals surface area contributed by atoms with Gasteiger partial charge in [-0.3, -0.25) is 0 Å². The molecule has 0 aromatic carbocycles. The van der Waals surface area contributed by atoms with Crippen molar-refractivity contribution < 1.29 is 4.74 Å². The van der Waals surface area contributed by atoms with Gasteiger partial charge in [-0.25, -0.2) is 4.98 Å². The third kappa shape index (κ3) is 3.75. The van der Waals surface area contributed by atoms with Crippen LogP contribution in [0.1, 0.15) is 39.0 Å². The monoisotopic (exact) mass is 282 g/mol. The number of anilines is 1. The van der Waals surface area contributed by atoms with E-state index in [1.807, 2.05) is 18.3 Å². The van der Waals surface area contributed by atoms with Crippen LogP contribution in [0, 0.1) is 0 Å². The first-order chi connectivity index (χ1) is 9.36. The fourth-order valence-corrected chi connectivity index (χ4v) is 2.86. The summed E-state index contributed by atoms with van der Waals surface area (Å²) in [5.74, 6) is 2.51. The van der Waals surface area contributed by atoms with Crippen LogP contribution in [-0.2, 0) is 0 Å². The second kappa shape index (κ2) is 7.59. The van der Waals surface area contributed by atoms with Gasteiger partial charge in [0.15, 0.2) is 11.6 Å². The standard InChI is InChI=1S/C15H23ClN2O/c1-2-11-19-14-8-6-9-17-15(14)18-10-5-3-4-7-13(18)12-16/h6,8-9,13H,2-5,7,10-12H2,1H3. The maximum Gasteiger partial charge on any atom is 0.171 e. The van der Waals surface area contributed by atoms with Gasteiger partial charge >= 0.3 is 0 Å². The Morgan fingerprint density at radius 2 is 2.32 bits per heavy atom. The van der Waals surface area contributed by atoms with Crippen LogP contribution >= 0.6 is 11.6 Å². The lowest BCUT2D eigenvalue weighted by atomic mass is 10.1. The summed E-state index contributed by atoms with van der Waals surface area (Å²) >= 11 is 6.14. The molecule has 1 aliphatic rings. The van der Waals surface area contributed by atoms with Crippen molar-refractivity contribution >= 4 is 17.4 Å². The third-order valence-electron chi connectivity index (χ3n) is 3.54. The topological polar surface area (TPSA) is 25.4 Å². The maximum atomic E-state index is 6.14. The Bertz CT molecular complexity index is 386. The van der Waals surface area contributed by atoms with Gasteiger partial charge in [-0.15, -0.1) is 11.6 Å². The van der Waals surface area contributed by atoms with E-state index in [0.29, 0.717) is 11.9 Å². The van der Waals surface area contributed by atoms with E-state index < -0.39 is 0 Å². The van der Waals surface area contributed by atoms with E-state index >= 15 is 0 Å². The Hall–Kier alpha value is -0.960. The molecule has 2 rings (SSSR count). The molecule has 0 radical (unpaired) electrons. The molecule has 1 aromatic rings. The highest BCUT2D eigenvalue weighted by Crippen LogP contribution is 2.30. The Balaban J connectivity index is 2.21. The maximum absolute atomic E-state index is 6.14. The second-order valence-electron chi connectivity index (χ2n) is 5.02. The lowest BCUT2D eigenvalue weighted by Gasteiger charge is -2.30. The molecular formula is C15H23ClN2O. The van der Waals surface area contributed by atoms with Crippen LogP contribution in [0.2, 0.25) is 0 Å². The molecule has 106 valence electrons. The molecular weight excluding hydrogens is 260 g/mol. The van der Waals surface area contributed by atoms with Crippen LogP contribution in [0.25, 0.3) is 0 Å². The van der Waals surface area contributed by atoms with Gasteiger partial charge in [0, 0.05) is 24.7 Å². The van der Waals surface area contributed by atoms with Crippen molar-refractivity contribution in [1.29, 1.82) is 0 Å². The number of halogens is 1. The summed E-state index contributed by atoms with van der Waals surface area (Å²) in [5, 5.41) is 0. The van der Waals surface area contributed by atoms with Crippen molar-refractivity contribution in [1.82, 2.24) is 4.98 Å². The summed E-state index contributed by atoms with van der Waals surface area (Å²) in [7, 11) is 0. The lowest BCUT2D eigenvalue weighted by molar-refractivity contribution is 0.316. The van der Waals surface area contributed by atoms with Gasteiger partial charge in [0.1, 0.15) is 0 Å². The minimum Gasteiger partial charge on any atom is -0.490 e. The van der Waals surface area contributed by atoms with E-state index in [2.05, 4.69) is 16.8 Å². The molecule has 1 fully saturated rings. The average molecular weight is 283 g/mol. The first-order valence-electron chi connectivity index (χ1n) is 7.27. The minimum atomic E-state index is 0.378. The van der Waals surface area contributed by atoms with Crippen molar-refractivity contribution in [2.75, 3.05) is 23.9 Å². The van der Waals surface area contributed by atoms with Crippen molar-refractivity contribution in [2.24, 2.45) is 0 Å². The van der Waals surface area contributed by atoms with Crippen molar-refractivity contribution in [3.05, 3.63) is 18.3 Å². The van der Waals surface area contributed by atoms with E-state index in [1.54, 1.807) is 0 Å². The predicted octanol–water partition coefficient (Wildman–Crippen LogP) is 3.86. The van der Waals surface area contributed by atoms with E-state index in [9.17, 15) is 0 Å². The molecule has 1 atom stereocenters. The van der Waals surface area contributed by atoms with Gasteiger partial charge < -0.3 is 9.64 Å². The molecule has 0 saturated carbocycles. The number of ether oxygens (including phenoxy) is 1. The largest absolute Gasteiger partial charge is 0.490 e. The van der Waals surface area contributed by atoms with Crippen LogP contribution in [0.15, 0.2) is 18.3 Å². The van der Waals surface area contributed by atoms with Gasteiger partial charge in [-0.1, -0.05) is 19.8 Å². The fraction of sp³-hybridized carbons (Fsp3) is 0.667. The van der Waals surface area contributed by atoms with Gasteiger partial charge in [0.2, 0.25) is 0 Å². The Morgan fingerprint density at radius 3 is 3.11 bits per heavy atom. The van der Waals surface area contributed by atoms with Gasteiger partial charge in [-0.05, 0) is 31.4 Å². The third-order valence-corrected chi connectivity index (χ3v) is 3.90. The molecule has 0 spiro atoms. The number of alkyl halides is 1. The Morgan fingerprint density at radius 1 is 1.42 bits per heavy atom. The van der Waals surface area contributed by atoms with Crippen LogP contribution in [-0.4, -0.2) is 30.1 Å². The molecule has 0 amide bonds. The van der Waals surface area contributed by atoms with Crippen LogP contribution in [0.3, 0.4) is 0 Å². The summed E-state index contributed by atoms with van der Waals surface area (Å²) < 4.78 is 5.83. The van der Waals surface area contributed by atoms with Crippen molar-refractivity contribution in [3.63, 3.8) is 0 Å². The quantitative estimate of drug-likeness (QED) is 0.767. The summed E-state index contributed by atoms with van der Waals surface area (Å²) in [6.07, 6.45) is 7.73. The zero-order chi connectivity index (χ0) is 13.5. The summed E-state index contributed by atoms with van der Waals surface area (Å²) in [6.45, 7) is 3.87. The smallest absolute Gasteiger partial charge is 0.171 e. The normalized spacial score (nSPS) is 20.1. The Kier molecular flexibility index (Phi) is 5.77. The molecule has 4 heteroatoms. The molecule has 19 heavy (non-hydrogen) atoms. The van der Waals surface area contributed by atoms with Gasteiger partial charge in [0.05, 0.1) is 6.61 Å². The Labute approximate surface area is 120 Å². The number of hydrogen-bond donors (Lipinski definition) is 0. The zero-order valence-corrected chi connectivity index (χ0v) is 12.4. The molecule has 1 saturated heterocycles. The van der Waals surface area contributed by atoms with E-state index in [4.69, 9.17) is 16.3 Å². The van der Waals surface area contributed by atoms with E-state index in [-0.39, 0.29) is 0 Å². The predicted molar refractivity (Wildman–Crippen MR) is 80.3 cm³/mol. The number of pyridine rings is 1. The average Bonchev–Trinajstić information content (AvgIpc) is 2.70. The van der Waals surface area contributed by atoms with Gasteiger partial charge in [0.25, 0.3) is 0 Å². The molecule has 2 heterocycles. The van der Waals surface area contributed by atoms with E-state index in [1.165, 1.54) is 19.3 Å². The highest BCUT2D eigenvalue weighted by molar-refractivity contribution is 6.18. The van der Waals surface area contributed by atoms with Crippen LogP contribution < -0.4 is 9.64 Å². The number of hydrogen-bond acceptors (Lipinski definition) is 3. The molecule has 1 aliphatic heterocycles. The SMILES string of the molecule is CCCOc1cccnc1N1CCCCCC1CCl. The fourth-order valence-electron chi connectivity index (χ4n) is 2.54. The number of rotatable bonds is 5. The molecule has 0 bridgehead atoms. The highest BCUT2D eigenvalue weighted by Gasteiger charge is 2.23. The van der Waals surface area contributed by atoms with Crippen molar-refractivity contribution in [2.45, 2.75) is 45.1 Å². The summed E-state index contributed by atoms with van der Waals surface area (Å²) in [5.41, 5.74) is 0. The molecule has 1 aromatic heterocycles. The van der Waals surface area contributed by atoms with Crippen LogP contribution in [0.5, 0.6) is 5.75 Å². The lowest BCUT2D eigenvalue weighted by Crippen LogP contribution is -2.37. The number of aromatic nitrogens is 1. The van der Waals surface area contributed by atoms with Gasteiger partial charge in [-0.2, -0.15) is 0 Å². The zero-order valence-electron chi connectivity index (χ0n) is 11.6. The minimum absolute atomic E-state index is 0.378. The number of nitrogens with zero attached hydrogens (tertiary/aromatic N) is 2. The van der Waals surface area contributed by atoms with E-state index in [0.717, 1.165) is 37.6 Å².